The third kappa shape index (κ3) is 18.0. The van der Waals surface area contributed by atoms with Crippen LogP contribution in [0.5, 0.6) is 0 Å². The quantitative estimate of drug-likeness (QED) is 0.0965. The molecule has 4 nitrogen and oxygen atoms in total. The van der Waals surface area contributed by atoms with Crippen molar-refractivity contribution in [3.8, 4) is 89.5 Å². The van der Waals surface area contributed by atoms with Crippen molar-refractivity contribution in [3.63, 3.8) is 0 Å². The van der Waals surface area contributed by atoms with E-state index < -0.39 is 62.6 Å². The maximum Gasteiger partial charge on any atom is 0.212 e. The first-order valence-electron chi connectivity index (χ1n) is 40.2. The van der Waals surface area contributed by atoms with Crippen LogP contribution in [0.1, 0.15) is 133 Å². The van der Waals surface area contributed by atoms with Gasteiger partial charge in [0.15, 0.2) is 24.8 Å². The Balaban J connectivity index is 0.000000171. The van der Waals surface area contributed by atoms with Crippen LogP contribution in [0.15, 0.2) is 255 Å². The minimum absolute atomic E-state index is 0.129. The first-order chi connectivity index (χ1) is 52.2. The van der Waals surface area contributed by atoms with E-state index in [0.29, 0.717) is 11.1 Å². The van der Waals surface area contributed by atoms with Gasteiger partial charge in [-0.2, -0.15) is 0 Å². The Hall–Kier alpha value is -9.78. The summed E-state index contributed by atoms with van der Waals surface area (Å²) in [6, 6.07) is 73.3. The third-order valence-electron chi connectivity index (χ3n) is 17.2. The Morgan fingerprint density at radius 1 is 0.333 bits per heavy atom. The van der Waals surface area contributed by atoms with Crippen LogP contribution in [-0.2, 0) is 41.0 Å². The lowest BCUT2D eigenvalue weighted by molar-refractivity contribution is -0.660. The lowest BCUT2D eigenvalue weighted by atomic mass is 9.97. The van der Waals surface area contributed by atoms with E-state index in [1.165, 1.54) is 73.7 Å². The number of rotatable bonds is 14. The summed E-state index contributed by atoms with van der Waals surface area (Å²) in [6.07, 6.45) is 8.09. The summed E-state index contributed by atoms with van der Waals surface area (Å²) in [7, 11) is 7.97. The van der Waals surface area contributed by atoms with E-state index in [2.05, 4.69) is 122 Å². The fourth-order valence-electron chi connectivity index (χ4n) is 11.9. The number of hydrogen-bond donors (Lipinski definition) is 0. The monoisotopic (exact) mass is 1290 g/mol. The predicted octanol–water partition coefficient (Wildman–Crippen LogP) is 21.5. The van der Waals surface area contributed by atoms with Gasteiger partial charge < -0.3 is 0 Å². The zero-order valence-corrected chi connectivity index (χ0v) is 57.2. The highest BCUT2D eigenvalue weighted by atomic mass is 19.1. The molecule has 12 aromatic rings. The van der Waals surface area contributed by atoms with Gasteiger partial charge in [-0.25, -0.2) is 27.0 Å². The highest BCUT2D eigenvalue weighted by Crippen LogP contribution is 2.31. The molecule has 0 aliphatic rings. The average molecular weight is 1290 g/mol. The van der Waals surface area contributed by atoms with Crippen molar-refractivity contribution in [2.45, 2.75) is 107 Å². The molecule has 0 saturated carbocycles. The number of halogens is 2. The number of benzene rings is 8. The molecule has 0 N–H and O–H groups in total. The van der Waals surface area contributed by atoms with E-state index in [-0.39, 0.29) is 24.0 Å². The van der Waals surface area contributed by atoms with Crippen molar-refractivity contribution < 1.29 is 49.0 Å². The number of hydrogen-bond acceptors (Lipinski definition) is 0. The largest absolute Gasteiger partial charge is 0.212 e. The molecule has 4 unspecified atom stereocenters. The Kier molecular flexibility index (Phi) is 17.5. The molecule has 488 valence electrons. The highest BCUT2D eigenvalue weighted by molar-refractivity contribution is 5.71. The molecule has 12 rings (SSSR count). The third-order valence-corrected chi connectivity index (χ3v) is 17.2. The lowest BCUT2D eigenvalue weighted by Gasteiger charge is -2.10. The molecule has 0 spiro atoms. The lowest BCUT2D eigenvalue weighted by Crippen LogP contribution is -2.30. The maximum atomic E-state index is 14.3. The molecule has 4 aromatic heterocycles. The molecule has 4 atom stereocenters. The van der Waals surface area contributed by atoms with E-state index in [4.69, 9.17) is 21.9 Å². The van der Waals surface area contributed by atoms with Crippen molar-refractivity contribution in [1.82, 2.24) is 0 Å². The molecule has 96 heavy (non-hydrogen) atoms. The van der Waals surface area contributed by atoms with Crippen LogP contribution in [-0.4, -0.2) is 0 Å². The van der Waals surface area contributed by atoms with Gasteiger partial charge >= 0.3 is 0 Å². The first kappa shape index (κ1) is 51.5. The van der Waals surface area contributed by atoms with Crippen LogP contribution in [0.4, 0.5) is 8.78 Å². The molecule has 6 heteroatoms. The zero-order chi connectivity index (χ0) is 82.4. The topological polar surface area (TPSA) is 15.5 Å². The summed E-state index contributed by atoms with van der Waals surface area (Å²) in [5.41, 5.74) is 22.7. The van der Waals surface area contributed by atoms with Gasteiger partial charge in [-0.15, -0.1) is 0 Å². The van der Waals surface area contributed by atoms with E-state index in [1.807, 2.05) is 159 Å². The van der Waals surface area contributed by atoms with E-state index in [1.54, 1.807) is 30.3 Å². The van der Waals surface area contributed by atoms with E-state index in [9.17, 15) is 8.78 Å². The molecular weight excluding hydrogens is 1180 g/mol. The van der Waals surface area contributed by atoms with Gasteiger partial charge in [-0.3, -0.25) is 0 Å². The highest BCUT2D eigenvalue weighted by Gasteiger charge is 2.20. The van der Waals surface area contributed by atoms with Gasteiger partial charge in [-0.1, -0.05) is 189 Å². The van der Waals surface area contributed by atoms with Crippen molar-refractivity contribution in [2.24, 2.45) is 40.0 Å². The predicted molar refractivity (Wildman–Crippen MR) is 398 cm³/mol. The smallest absolute Gasteiger partial charge is 0.207 e. The Bertz CT molecular complexity index is 5310. The van der Waals surface area contributed by atoms with Crippen LogP contribution in [0.2, 0.25) is 0 Å². The average Bonchev–Trinajstić information content (AvgIpc) is 0.774. The van der Waals surface area contributed by atoms with Crippen molar-refractivity contribution >= 4 is 0 Å². The van der Waals surface area contributed by atoms with Gasteiger partial charge in [0.2, 0.25) is 22.8 Å². The van der Waals surface area contributed by atoms with Crippen molar-refractivity contribution in [2.75, 3.05) is 0 Å². The summed E-state index contributed by atoms with van der Waals surface area (Å²) in [5, 5.41) is 0. The van der Waals surface area contributed by atoms with Crippen LogP contribution in [0, 0.1) is 51.1 Å². The van der Waals surface area contributed by atoms with Crippen LogP contribution >= 0.6 is 0 Å². The number of aryl methyl sites for hydroxylation is 8. The molecule has 0 amide bonds. The molecule has 0 saturated heterocycles. The number of nitrogens with zero attached hydrogens (tertiary/aromatic N) is 4. The maximum absolute atomic E-state index is 14.3. The standard InChI is InChI=1S/C23H25FN.C23H26N.C22H23FN.C22H24N/c1-16(2)13-20-14-18(9-11-22(20)24)19-10-12-23(25(4)15-19)21-8-6-5-7-17(21)3;1-17(2)15-19-9-11-20(12-10-19)21-13-14-23(24(4)16-21)22-8-6-5-7-18(22)3;1-15(2)20-13-17(9-11-21(20)23)18-10-12-22(24(4)14-18)19-8-6-5-7-16(19)3;1-16(2)18-9-11-19(12-10-18)20-13-14-22(23(4)15-20)21-8-6-5-7-17(21)3/h5-12,14-16H,13H2,1-4H3;5-14,16-17H,15H2,1-4H3;5-15H,1-4H3;5-16H,1-4H3/q4*+1/i1D3,16D;1D3,17D;1D3,15D;1D3,16D. The molecule has 4 heterocycles. The molecular formula is C90H98F2N4+4. The second-order valence-corrected chi connectivity index (χ2v) is 24.9. The van der Waals surface area contributed by atoms with E-state index >= 15 is 0 Å². The Morgan fingerprint density at radius 3 is 1.02 bits per heavy atom. The fourth-order valence-corrected chi connectivity index (χ4v) is 11.9. The summed E-state index contributed by atoms with van der Waals surface area (Å²) < 4.78 is 160. The number of pyridine rings is 4. The van der Waals surface area contributed by atoms with E-state index in [0.717, 1.165) is 84.0 Å². The van der Waals surface area contributed by atoms with Crippen molar-refractivity contribution in [1.29, 1.82) is 0 Å². The van der Waals surface area contributed by atoms with Crippen molar-refractivity contribution in [3.05, 3.63) is 311 Å². The van der Waals surface area contributed by atoms with Gasteiger partial charge in [-0.05, 0) is 204 Å². The van der Waals surface area contributed by atoms with Crippen LogP contribution in [0.3, 0.4) is 0 Å². The SMILES string of the molecule is [2H]C([2H])([2H])C([2H])(C)Cc1cc(-c2ccc(-c3ccccc3C)[n+](C)c2)ccc1F.[2H]C([2H])([2H])C([2H])(C)Cc1ccc(-c2ccc(-c3ccccc3C)[n+](C)c2)cc1.[2H]C([2H])([2H])C([2H])(C)c1cc(-c2ccc(-c3ccccc3C)[n+](C)c2)ccc1F.[2H]C([2H])([2H])C([2H])(C)c1ccc(-c2ccc(-c3ccccc3C)[n+](C)c2)cc1. The zero-order valence-electron chi connectivity index (χ0n) is 73.2. The summed E-state index contributed by atoms with van der Waals surface area (Å²) in [5.74, 6) is -8.07. The summed E-state index contributed by atoms with van der Waals surface area (Å²) in [6.45, 7) is 4.00. The van der Waals surface area contributed by atoms with Gasteiger partial charge in [0, 0.05) is 90.7 Å². The van der Waals surface area contributed by atoms with Gasteiger partial charge in [0.1, 0.15) is 39.8 Å². The molecule has 8 aromatic carbocycles. The molecule has 0 aliphatic carbocycles. The second kappa shape index (κ2) is 32.6. The molecule has 0 aliphatic heterocycles. The number of aromatic nitrogens is 4. The van der Waals surface area contributed by atoms with Crippen LogP contribution in [0.25, 0.3) is 89.5 Å². The second-order valence-electron chi connectivity index (χ2n) is 24.9. The summed E-state index contributed by atoms with van der Waals surface area (Å²) in [4.78, 5) is 0. The first-order valence-corrected chi connectivity index (χ1v) is 32.2. The summed E-state index contributed by atoms with van der Waals surface area (Å²) >= 11 is 0. The molecule has 0 radical (unpaired) electrons. The van der Waals surface area contributed by atoms with Crippen LogP contribution < -0.4 is 18.3 Å². The Morgan fingerprint density at radius 2 is 0.656 bits per heavy atom. The minimum Gasteiger partial charge on any atom is -0.207 e. The van der Waals surface area contributed by atoms with Gasteiger partial charge in [0.25, 0.3) is 0 Å². The molecule has 0 fully saturated rings. The molecule has 0 bridgehead atoms. The minimum atomic E-state index is -2.63. The Labute approximate surface area is 595 Å². The fraction of sp³-hybridized carbons (Fsp3) is 0.244. The normalized spacial score (nSPS) is 16.5. The van der Waals surface area contributed by atoms with Gasteiger partial charge in [0.05, 0.1) is 0 Å².